The van der Waals surface area contributed by atoms with Crippen LogP contribution in [-0.4, -0.2) is 31.7 Å². The van der Waals surface area contributed by atoms with E-state index >= 15 is 0 Å². The van der Waals surface area contributed by atoms with Gasteiger partial charge in [-0.05, 0) is 25.0 Å². The molecule has 1 aliphatic rings. The number of nitrogens with one attached hydrogen (secondary N) is 1. The van der Waals surface area contributed by atoms with E-state index in [2.05, 4.69) is 5.32 Å². The maximum Gasteiger partial charge on any atom is 0.223 e. The van der Waals surface area contributed by atoms with E-state index < -0.39 is 0 Å². The molecule has 0 spiro atoms. The molecule has 0 heterocycles. The second kappa shape index (κ2) is 7.31. The minimum Gasteiger partial charge on any atom is -0.493 e. The average Bonchev–Trinajstić information content (AvgIpc) is 2.96. The van der Waals surface area contributed by atoms with E-state index in [1.54, 1.807) is 7.11 Å². The maximum atomic E-state index is 12.0. The average molecular weight is 292 g/mol. The van der Waals surface area contributed by atoms with Crippen molar-refractivity contribution in [3.63, 3.8) is 0 Å². The summed E-state index contributed by atoms with van der Waals surface area (Å²) < 4.78 is 10.8. The van der Waals surface area contributed by atoms with Crippen LogP contribution in [0.5, 0.6) is 11.5 Å². The summed E-state index contributed by atoms with van der Waals surface area (Å²) in [4.78, 5) is 12.0. The van der Waals surface area contributed by atoms with Crippen LogP contribution >= 0.6 is 0 Å². The molecule has 0 radical (unpaired) electrons. The van der Waals surface area contributed by atoms with Crippen molar-refractivity contribution in [1.29, 1.82) is 0 Å². The zero-order chi connectivity index (χ0) is 15.1. The van der Waals surface area contributed by atoms with Gasteiger partial charge in [-0.15, -0.1) is 0 Å². The fraction of sp³-hybridized carbons (Fsp3) is 0.562. The van der Waals surface area contributed by atoms with Gasteiger partial charge in [0.15, 0.2) is 11.5 Å². The quantitative estimate of drug-likeness (QED) is 0.804. The molecule has 1 aromatic carbocycles. The molecule has 21 heavy (non-hydrogen) atoms. The van der Waals surface area contributed by atoms with Gasteiger partial charge in [0.1, 0.15) is 0 Å². The summed E-state index contributed by atoms with van der Waals surface area (Å²) in [7, 11) is 1.60. The van der Waals surface area contributed by atoms with Crippen LogP contribution in [0.15, 0.2) is 24.3 Å². The molecule has 0 atom stereocenters. The molecule has 0 bridgehead atoms. The second-order valence-electron chi connectivity index (χ2n) is 5.49. The largest absolute Gasteiger partial charge is 0.493 e. The number of amides is 1. The third kappa shape index (κ3) is 4.11. The number of hydrogen-bond donors (Lipinski definition) is 2. The van der Waals surface area contributed by atoms with Gasteiger partial charge in [-0.3, -0.25) is 4.79 Å². The lowest BCUT2D eigenvalue weighted by atomic mass is 9.98. The Morgan fingerprint density at radius 1 is 1.29 bits per heavy atom. The fourth-order valence-corrected chi connectivity index (χ4v) is 2.78. The number of para-hydroxylation sites is 2. The van der Waals surface area contributed by atoms with Gasteiger partial charge in [-0.25, -0.2) is 0 Å². The van der Waals surface area contributed by atoms with Crippen LogP contribution in [-0.2, 0) is 4.79 Å². The maximum absolute atomic E-state index is 12.0. The van der Waals surface area contributed by atoms with Crippen molar-refractivity contribution in [2.75, 3.05) is 20.3 Å². The van der Waals surface area contributed by atoms with Crippen LogP contribution in [0.3, 0.4) is 0 Å². The molecule has 1 saturated carbocycles. The number of hydrogen-bond acceptors (Lipinski definition) is 4. The van der Waals surface area contributed by atoms with Gasteiger partial charge in [0.05, 0.1) is 25.7 Å². The molecule has 1 fully saturated rings. The van der Waals surface area contributed by atoms with E-state index in [4.69, 9.17) is 15.2 Å². The molecule has 0 aromatic heterocycles. The monoisotopic (exact) mass is 292 g/mol. The summed E-state index contributed by atoms with van der Waals surface area (Å²) in [6.45, 7) is 0.832. The van der Waals surface area contributed by atoms with Crippen LogP contribution in [0.2, 0.25) is 0 Å². The highest BCUT2D eigenvalue weighted by Crippen LogP contribution is 2.29. The summed E-state index contributed by atoms with van der Waals surface area (Å²) in [5, 5.41) is 3.08. The van der Waals surface area contributed by atoms with Gasteiger partial charge in [0.2, 0.25) is 5.91 Å². The van der Waals surface area contributed by atoms with E-state index in [9.17, 15) is 4.79 Å². The molecule has 0 aliphatic heterocycles. The van der Waals surface area contributed by atoms with E-state index in [0.29, 0.717) is 31.1 Å². The molecule has 3 N–H and O–H groups in total. The van der Waals surface area contributed by atoms with E-state index in [1.165, 1.54) is 0 Å². The van der Waals surface area contributed by atoms with Gasteiger partial charge >= 0.3 is 0 Å². The molecule has 5 heteroatoms. The van der Waals surface area contributed by atoms with E-state index in [1.807, 2.05) is 24.3 Å². The van der Waals surface area contributed by atoms with Crippen molar-refractivity contribution in [2.24, 2.45) is 5.73 Å². The zero-order valence-corrected chi connectivity index (χ0v) is 12.6. The molecule has 0 saturated heterocycles. The van der Waals surface area contributed by atoms with Crippen LogP contribution in [0.4, 0.5) is 0 Å². The van der Waals surface area contributed by atoms with Crippen LogP contribution in [0, 0.1) is 0 Å². The highest BCUT2D eigenvalue weighted by molar-refractivity contribution is 5.77. The Labute approximate surface area is 125 Å². The topological polar surface area (TPSA) is 73.6 Å². The van der Waals surface area contributed by atoms with Crippen molar-refractivity contribution >= 4 is 5.91 Å². The minimum absolute atomic E-state index is 0.00255. The molecule has 1 aliphatic carbocycles. The Morgan fingerprint density at radius 3 is 2.57 bits per heavy atom. The Hall–Kier alpha value is -1.75. The predicted octanol–water partition coefficient (Wildman–Crippen LogP) is 1.85. The van der Waals surface area contributed by atoms with E-state index in [-0.39, 0.29) is 11.4 Å². The number of carbonyl (C=O) groups is 1. The third-order valence-electron chi connectivity index (χ3n) is 4.01. The first-order chi connectivity index (χ1) is 10.2. The van der Waals surface area contributed by atoms with E-state index in [0.717, 1.165) is 25.7 Å². The zero-order valence-electron chi connectivity index (χ0n) is 12.6. The first-order valence-corrected chi connectivity index (χ1v) is 7.46. The van der Waals surface area contributed by atoms with Crippen molar-refractivity contribution in [3.05, 3.63) is 24.3 Å². The van der Waals surface area contributed by atoms with Gasteiger partial charge in [-0.1, -0.05) is 25.0 Å². The first kappa shape index (κ1) is 15.6. The van der Waals surface area contributed by atoms with Crippen LogP contribution in [0.1, 0.15) is 32.1 Å². The van der Waals surface area contributed by atoms with Gasteiger partial charge in [-0.2, -0.15) is 0 Å². The SMILES string of the molecule is COc1ccccc1OCCC(=O)NC1(CN)CCCC1. The second-order valence-corrected chi connectivity index (χ2v) is 5.49. The van der Waals surface area contributed by atoms with Crippen molar-refractivity contribution in [1.82, 2.24) is 5.32 Å². The molecule has 2 rings (SSSR count). The first-order valence-electron chi connectivity index (χ1n) is 7.46. The summed E-state index contributed by atoms with van der Waals surface area (Å²) in [5.41, 5.74) is 5.62. The fourth-order valence-electron chi connectivity index (χ4n) is 2.78. The summed E-state index contributed by atoms with van der Waals surface area (Å²) in [6.07, 6.45) is 4.54. The number of carbonyl (C=O) groups excluding carboxylic acids is 1. The van der Waals surface area contributed by atoms with Crippen molar-refractivity contribution in [3.8, 4) is 11.5 Å². The van der Waals surface area contributed by atoms with Crippen molar-refractivity contribution in [2.45, 2.75) is 37.6 Å². The highest BCUT2D eigenvalue weighted by atomic mass is 16.5. The lowest BCUT2D eigenvalue weighted by Gasteiger charge is -2.28. The molecule has 0 unspecified atom stereocenters. The number of benzene rings is 1. The Kier molecular flexibility index (Phi) is 5.44. The van der Waals surface area contributed by atoms with Crippen molar-refractivity contribution < 1.29 is 14.3 Å². The standard InChI is InChI=1S/C16H24N2O3/c1-20-13-6-2-3-7-14(13)21-11-8-15(19)18-16(12-17)9-4-5-10-16/h2-3,6-7H,4-5,8-12,17H2,1H3,(H,18,19). The Balaban J connectivity index is 1.79. The third-order valence-corrected chi connectivity index (χ3v) is 4.01. The Morgan fingerprint density at radius 2 is 1.95 bits per heavy atom. The molecule has 116 valence electrons. The summed E-state index contributed by atoms with van der Waals surface area (Å²) >= 11 is 0. The predicted molar refractivity (Wildman–Crippen MR) is 81.5 cm³/mol. The number of nitrogens with two attached hydrogens (primary N) is 1. The lowest BCUT2D eigenvalue weighted by Crippen LogP contribution is -2.51. The summed E-state index contributed by atoms with van der Waals surface area (Å²) in [5.74, 6) is 1.33. The lowest BCUT2D eigenvalue weighted by molar-refractivity contribution is -0.123. The van der Waals surface area contributed by atoms with Crippen LogP contribution in [0.25, 0.3) is 0 Å². The molecule has 1 amide bonds. The molecule has 1 aromatic rings. The van der Waals surface area contributed by atoms with Gasteiger partial charge in [0, 0.05) is 6.54 Å². The smallest absolute Gasteiger partial charge is 0.223 e. The van der Waals surface area contributed by atoms with Crippen LogP contribution < -0.4 is 20.5 Å². The highest BCUT2D eigenvalue weighted by Gasteiger charge is 2.33. The molecule has 5 nitrogen and oxygen atoms in total. The normalized spacial score (nSPS) is 16.5. The molecular formula is C16H24N2O3. The van der Waals surface area contributed by atoms with Gasteiger partial charge in [0.25, 0.3) is 0 Å². The van der Waals surface area contributed by atoms with Gasteiger partial charge < -0.3 is 20.5 Å². The molecular weight excluding hydrogens is 268 g/mol. The number of methoxy groups -OCH3 is 1. The summed E-state index contributed by atoms with van der Waals surface area (Å²) in [6, 6.07) is 7.41. The number of ether oxygens (including phenoxy) is 2. The Bertz CT molecular complexity index is 470. The minimum atomic E-state index is -0.193. The number of rotatable bonds is 7.